The molecule has 21 heavy (non-hydrogen) atoms. The summed E-state index contributed by atoms with van der Waals surface area (Å²) in [6, 6.07) is 12.3. The van der Waals surface area contributed by atoms with Crippen molar-refractivity contribution >= 4 is 11.6 Å². The predicted molar refractivity (Wildman–Crippen MR) is 84.8 cm³/mol. The summed E-state index contributed by atoms with van der Waals surface area (Å²) in [5.41, 5.74) is 4.04. The van der Waals surface area contributed by atoms with Crippen molar-refractivity contribution in [3.63, 3.8) is 0 Å². The van der Waals surface area contributed by atoms with Crippen LogP contribution >= 0.6 is 0 Å². The molecule has 0 saturated carbocycles. The molecule has 4 nitrogen and oxygen atoms in total. The van der Waals surface area contributed by atoms with Gasteiger partial charge in [0.1, 0.15) is 0 Å². The van der Waals surface area contributed by atoms with E-state index >= 15 is 0 Å². The summed E-state index contributed by atoms with van der Waals surface area (Å²) in [6.07, 6.45) is 0. The molecule has 110 valence electrons. The van der Waals surface area contributed by atoms with Crippen LogP contribution in [0.25, 0.3) is 0 Å². The van der Waals surface area contributed by atoms with Crippen molar-refractivity contribution in [3.05, 3.63) is 53.3 Å². The third-order valence-corrected chi connectivity index (χ3v) is 4.07. The molecule has 0 bridgehead atoms. The van der Waals surface area contributed by atoms with Gasteiger partial charge in [-0.2, -0.15) is 0 Å². The molecule has 1 aromatic heterocycles. The lowest BCUT2D eigenvalue weighted by Gasteiger charge is -2.36. The van der Waals surface area contributed by atoms with E-state index in [1.165, 1.54) is 5.69 Å². The number of carbonyl (C=O) groups is 1. The van der Waals surface area contributed by atoms with Crippen LogP contribution in [0.15, 0.2) is 36.4 Å². The van der Waals surface area contributed by atoms with Crippen LogP contribution in [0.2, 0.25) is 0 Å². The van der Waals surface area contributed by atoms with Crippen LogP contribution in [0.4, 0.5) is 5.69 Å². The second-order valence-electron chi connectivity index (χ2n) is 5.61. The quantitative estimate of drug-likeness (QED) is 0.920. The minimum Gasteiger partial charge on any atom is -0.368 e. The monoisotopic (exact) mass is 283 g/mol. The third kappa shape index (κ3) is 2.79. The van der Waals surface area contributed by atoms with Gasteiger partial charge in [0.25, 0.3) is 5.91 Å². The number of nitrogens with one attached hydrogen (secondary N) is 1. The van der Waals surface area contributed by atoms with Crippen molar-refractivity contribution in [1.82, 2.24) is 9.88 Å². The molecule has 3 rings (SSSR count). The first-order valence-electron chi connectivity index (χ1n) is 7.40. The smallest absolute Gasteiger partial charge is 0.255 e. The summed E-state index contributed by atoms with van der Waals surface area (Å²) < 4.78 is 0. The summed E-state index contributed by atoms with van der Waals surface area (Å²) in [5, 5.41) is 0. The Bertz CT molecular complexity index is 625. The normalized spacial score (nSPS) is 15.3. The van der Waals surface area contributed by atoms with Gasteiger partial charge in [0.2, 0.25) is 0 Å². The Balaban J connectivity index is 1.66. The SMILES string of the molecule is Cc1cc(C(=O)N2CCN(c3ccccc3)CC2)c(C)[nH]1. The van der Waals surface area contributed by atoms with Crippen molar-refractivity contribution in [1.29, 1.82) is 0 Å². The van der Waals surface area contributed by atoms with Crippen LogP contribution in [-0.2, 0) is 0 Å². The van der Waals surface area contributed by atoms with E-state index in [9.17, 15) is 4.79 Å². The fourth-order valence-electron chi connectivity index (χ4n) is 2.92. The second kappa shape index (κ2) is 5.64. The molecule has 0 spiro atoms. The van der Waals surface area contributed by atoms with Gasteiger partial charge in [0, 0.05) is 43.3 Å². The molecular weight excluding hydrogens is 262 g/mol. The van der Waals surface area contributed by atoms with Gasteiger partial charge in [-0.1, -0.05) is 18.2 Å². The van der Waals surface area contributed by atoms with Crippen molar-refractivity contribution < 1.29 is 4.79 Å². The Morgan fingerprint density at radius 2 is 1.71 bits per heavy atom. The molecule has 1 fully saturated rings. The zero-order valence-electron chi connectivity index (χ0n) is 12.6. The summed E-state index contributed by atoms with van der Waals surface area (Å²) in [6.45, 7) is 7.27. The Morgan fingerprint density at radius 3 is 2.29 bits per heavy atom. The number of benzene rings is 1. The minimum absolute atomic E-state index is 0.143. The fraction of sp³-hybridized carbons (Fsp3) is 0.353. The number of aromatic nitrogens is 1. The maximum atomic E-state index is 12.6. The van der Waals surface area contributed by atoms with Gasteiger partial charge in [-0.05, 0) is 32.0 Å². The molecule has 1 N–H and O–H groups in total. The molecule has 2 heterocycles. The van der Waals surface area contributed by atoms with E-state index in [4.69, 9.17) is 0 Å². The van der Waals surface area contributed by atoms with Gasteiger partial charge in [0.05, 0.1) is 5.56 Å². The summed E-state index contributed by atoms with van der Waals surface area (Å²) in [4.78, 5) is 20.1. The Morgan fingerprint density at radius 1 is 1.05 bits per heavy atom. The van der Waals surface area contributed by atoms with Crippen molar-refractivity contribution in [3.8, 4) is 0 Å². The molecule has 1 aliphatic heterocycles. The average Bonchev–Trinajstić information content (AvgIpc) is 2.86. The number of amides is 1. The lowest BCUT2D eigenvalue weighted by atomic mass is 10.2. The maximum absolute atomic E-state index is 12.6. The number of carbonyl (C=O) groups excluding carboxylic acids is 1. The van der Waals surface area contributed by atoms with Crippen LogP contribution in [0.3, 0.4) is 0 Å². The Labute approximate surface area is 125 Å². The number of aryl methyl sites for hydroxylation is 2. The molecule has 1 aliphatic rings. The number of aromatic amines is 1. The van der Waals surface area contributed by atoms with Crippen molar-refractivity contribution in [2.45, 2.75) is 13.8 Å². The zero-order valence-corrected chi connectivity index (χ0v) is 12.6. The maximum Gasteiger partial charge on any atom is 0.255 e. The average molecular weight is 283 g/mol. The van der Waals surface area contributed by atoms with E-state index in [0.717, 1.165) is 43.1 Å². The lowest BCUT2D eigenvalue weighted by Crippen LogP contribution is -2.48. The molecule has 1 amide bonds. The molecule has 0 atom stereocenters. The fourth-order valence-corrected chi connectivity index (χ4v) is 2.92. The van der Waals surface area contributed by atoms with Crippen LogP contribution < -0.4 is 4.90 Å². The Hall–Kier alpha value is -2.23. The number of piperazine rings is 1. The number of para-hydroxylation sites is 1. The number of anilines is 1. The van der Waals surface area contributed by atoms with E-state index in [2.05, 4.69) is 34.1 Å². The number of hydrogen-bond donors (Lipinski definition) is 1. The first kappa shape index (κ1) is 13.7. The first-order chi connectivity index (χ1) is 10.1. The van der Waals surface area contributed by atoms with E-state index in [1.807, 2.05) is 30.9 Å². The second-order valence-corrected chi connectivity index (χ2v) is 5.61. The minimum atomic E-state index is 0.143. The topological polar surface area (TPSA) is 39.3 Å². The van der Waals surface area contributed by atoms with Gasteiger partial charge >= 0.3 is 0 Å². The number of nitrogens with zero attached hydrogens (tertiary/aromatic N) is 2. The van der Waals surface area contributed by atoms with Crippen molar-refractivity contribution in [2.24, 2.45) is 0 Å². The standard InChI is InChI=1S/C17H21N3O/c1-13-12-16(14(2)18-13)17(21)20-10-8-19(9-11-20)15-6-4-3-5-7-15/h3-7,12,18H,8-11H2,1-2H3. The molecular formula is C17H21N3O. The van der Waals surface area contributed by atoms with Gasteiger partial charge in [-0.3, -0.25) is 4.79 Å². The van der Waals surface area contributed by atoms with E-state index in [0.29, 0.717) is 0 Å². The van der Waals surface area contributed by atoms with Crippen LogP contribution in [-0.4, -0.2) is 42.0 Å². The largest absolute Gasteiger partial charge is 0.368 e. The highest BCUT2D eigenvalue weighted by atomic mass is 16.2. The van der Waals surface area contributed by atoms with Crippen LogP contribution in [0.5, 0.6) is 0 Å². The highest BCUT2D eigenvalue weighted by Gasteiger charge is 2.23. The van der Waals surface area contributed by atoms with Gasteiger partial charge in [-0.25, -0.2) is 0 Å². The molecule has 2 aromatic rings. The predicted octanol–water partition coefficient (Wildman–Crippen LogP) is 2.59. The number of hydrogen-bond acceptors (Lipinski definition) is 2. The van der Waals surface area contributed by atoms with Gasteiger partial charge < -0.3 is 14.8 Å². The molecule has 4 heteroatoms. The van der Waals surface area contributed by atoms with Crippen molar-refractivity contribution in [2.75, 3.05) is 31.1 Å². The molecule has 1 saturated heterocycles. The summed E-state index contributed by atoms with van der Waals surface area (Å²) >= 11 is 0. The van der Waals surface area contributed by atoms with Gasteiger partial charge in [0.15, 0.2) is 0 Å². The molecule has 0 radical (unpaired) electrons. The van der Waals surface area contributed by atoms with Crippen LogP contribution in [0, 0.1) is 13.8 Å². The Kier molecular flexibility index (Phi) is 3.69. The number of H-pyrrole nitrogens is 1. The van der Waals surface area contributed by atoms with Crippen LogP contribution in [0.1, 0.15) is 21.7 Å². The highest BCUT2D eigenvalue weighted by molar-refractivity contribution is 5.95. The highest BCUT2D eigenvalue weighted by Crippen LogP contribution is 2.18. The van der Waals surface area contributed by atoms with E-state index in [-0.39, 0.29) is 5.91 Å². The number of rotatable bonds is 2. The van der Waals surface area contributed by atoms with Gasteiger partial charge in [-0.15, -0.1) is 0 Å². The lowest BCUT2D eigenvalue weighted by molar-refractivity contribution is 0.0746. The van der Waals surface area contributed by atoms with E-state index < -0.39 is 0 Å². The van der Waals surface area contributed by atoms with E-state index in [1.54, 1.807) is 0 Å². The molecule has 1 aromatic carbocycles. The first-order valence-corrected chi connectivity index (χ1v) is 7.40. The summed E-state index contributed by atoms with van der Waals surface area (Å²) in [7, 11) is 0. The molecule has 0 aliphatic carbocycles. The summed E-state index contributed by atoms with van der Waals surface area (Å²) in [5.74, 6) is 0.143. The molecule has 0 unspecified atom stereocenters. The zero-order chi connectivity index (χ0) is 14.8. The third-order valence-electron chi connectivity index (χ3n) is 4.07.